The molecule has 0 radical (unpaired) electrons. The minimum Gasteiger partial charge on any atom is -0.365 e. The summed E-state index contributed by atoms with van der Waals surface area (Å²) in [6.07, 6.45) is -0.812. The maximum absolute atomic E-state index is 9.38. The molecule has 8 nitrogen and oxygen atoms in total. The molecule has 2 rings (SSSR count). The van der Waals surface area contributed by atoms with Gasteiger partial charge in [-0.3, -0.25) is 0 Å². The van der Waals surface area contributed by atoms with Crippen molar-refractivity contribution in [3.63, 3.8) is 0 Å². The molecule has 0 fully saturated rings. The van der Waals surface area contributed by atoms with E-state index in [0.717, 1.165) is 4.68 Å². The van der Waals surface area contributed by atoms with Crippen LogP contribution in [-0.2, 0) is 13.0 Å². The summed E-state index contributed by atoms with van der Waals surface area (Å²) >= 11 is 0. The third-order valence-corrected chi connectivity index (χ3v) is 2.02. The van der Waals surface area contributed by atoms with Gasteiger partial charge in [0.2, 0.25) is 0 Å². The second kappa shape index (κ2) is 2.70. The number of nitrogens with zero attached hydrogens (tertiary/aromatic N) is 4. The average Bonchev–Trinajstić information content (AvgIpc) is 2.28. The first-order chi connectivity index (χ1) is 6.38. The van der Waals surface area contributed by atoms with Crippen LogP contribution in [0.5, 0.6) is 0 Å². The van der Waals surface area contributed by atoms with E-state index < -0.39 is 18.0 Å². The topological polar surface area (TPSA) is 125 Å². The van der Waals surface area contributed by atoms with E-state index in [1.54, 1.807) is 0 Å². The van der Waals surface area contributed by atoms with Crippen molar-refractivity contribution >= 4 is 0 Å². The first-order valence-corrected chi connectivity index (χ1v) is 4.03. The molecule has 8 heteroatoms. The summed E-state index contributed by atoms with van der Waals surface area (Å²) < 4.78 is 1.13. The highest BCUT2D eigenvalue weighted by molar-refractivity contribution is 4.94. The third kappa shape index (κ3) is 1.73. The lowest BCUT2D eigenvalue weighted by Gasteiger charge is -2.25. The molecule has 0 atom stereocenters. The van der Waals surface area contributed by atoms with Crippen LogP contribution in [0.15, 0.2) is 0 Å². The monoisotopic (exact) mass is 202 g/mol. The van der Waals surface area contributed by atoms with Crippen LogP contribution in [-0.4, -0.2) is 52.2 Å². The van der Waals surface area contributed by atoms with Crippen LogP contribution in [0.25, 0.3) is 0 Å². The SMILES string of the molecule is OC1(O)Cc2nnnn2CC(O)(O)C1. The van der Waals surface area contributed by atoms with Crippen molar-refractivity contribution in [2.75, 3.05) is 0 Å². The fraction of sp³-hybridized carbons (Fsp3) is 0.833. The number of fused-ring (bicyclic) bond motifs is 1. The second-order valence-corrected chi connectivity index (χ2v) is 3.57. The van der Waals surface area contributed by atoms with Crippen molar-refractivity contribution in [1.82, 2.24) is 20.2 Å². The highest BCUT2D eigenvalue weighted by Crippen LogP contribution is 2.25. The van der Waals surface area contributed by atoms with Gasteiger partial charge < -0.3 is 20.4 Å². The van der Waals surface area contributed by atoms with Crippen molar-refractivity contribution in [3.05, 3.63) is 5.82 Å². The first-order valence-electron chi connectivity index (χ1n) is 4.03. The molecule has 2 heterocycles. The summed E-state index contributed by atoms with van der Waals surface area (Å²) in [6.45, 7) is -0.280. The van der Waals surface area contributed by atoms with Crippen molar-refractivity contribution < 1.29 is 20.4 Å². The Kier molecular flexibility index (Phi) is 1.83. The minimum absolute atomic E-state index is 0.208. The Morgan fingerprint density at radius 2 is 1.86 bits per heavy atom. The van der Waals surface area contributed by atoms with Gasteiger partial charge in [0.25, 0.3) is 0 Å². The maximum atomic E-state index is 9.38. The number of rotatable bonds is 0. The normalized spacial score (nSPS) is 24.0. The summed E-state index contributed by atoms with van der Waals surface area (Å²) in [6, 6.07) is 0. The van der Waals surface area contributed by atoms with Gasteiger partial charge >= 0.3 is 0 Å². The van der Waals surface area contributed by atoms with Gasteiger partial charge in [-0.2, -0.15) is 0 Å². The van der Waals surface area contributed by atoms with Crippen molar-refractivity contribution in [1.29, 1.82) is 0 Å². The summed E-state index contributed by atoms with van der Waals surface area (Å²) in [5.41, 5.74) is 0. The molecule has 14 heavy (non-hydrogen) atoms. The molecule has 0 aliphatic carbocycles. The van der Waals surface area contributed by atoms with Gasteiger partial charge in [-0.15, -0.1) is 5.10 Å². The van der Waals surface area contributed by atoms with Crippen LogP contribution in [0, 0.1) is 0 Å². The number of aliphatic hydroxyl groups is 4. The quantitative estimate of drug-likeness (QED) is 0.330. The zero-order valence-electron chi connectivity index (χ0n) is 7.20. The largest absolute Gasteiger partial charge is 0.365 e. The predicted octanol–water partition coefficient (Wildman–Crippen LogP) is -3.02. The van der Waals surface area contributed by atoms with Crippen LogP contribution in [0.4, 0.5) is 0 Å². The highest BCUT2D eigenvalue weighted by atomic mass is 16.5. The molecule has 1 aliphatic heterocycles. The van der Waals surface area contributed by atoms with E-state index in [1.165, 1.54) is 0 Å². The summed E-state index contributed by atoms with van der Waals surface area (Å²) in [5, 5.41) is 47.8. The van der Waals surface area contributed by atoms with Gasteiger partial charge in [0.05, 0.1) is 19.4 Å². The van der Waals surface area contributed by atoms with Gasteiger partial charge in [-0.1, -0.05) is 0 Å². The smallest absolute Gasteiger partial charge is 0.188 e. The second-order valence-electron chi connectivity index (χ2n) is 3.57. The molecule has 1 aromatic heterocycles. The van der Waals surface area contributed by atoms with Crippen molar-refractivity contribution in [2.24, 2.45) is 0 Å². The molecular weight excluding hydrogens is 192 g/mol. The molecule has 0 bridgehead atoms. The lowest BCUT2D eigenvalue weighted by Crippen LogP contribution is -2.42. The fourth-order valence-corrected chi connectivity index (χ4v) is 1.54. The van der Waals surface area contributed by atoms with Gasteiger partial charge in [0, 0.05) is 0 Å². The Balaban J connectivity index is 2.39. The van der Waals surface area contributed by atoms with Crippen molar-refractivity contribution in [3.8, 4) is 0 Å². The number of tetrazole rings is 1. The first kappa shape index (κ1) is 9.46. The highest BCUT2D eigenvalue weighted by Gasteiger charge is 2.41. The van der Waals surface area contributed by atoms with E-state index in [-0.39, 0.29) is 18.8 Å². The predicted molar refractivity (Wildman–Crippen MR) is 40.5 cm³/mol. The van der Waals surface area contributed by atoms with E-state index in [0.29, 0.717) is 0 Å². The summed E-state index contributed by atoms with van der Waals surface area (Å²) in [4.78, 5) is 0. The molecule has 0 amide bonds. The molecule has 0 spiro atoms. The zero-order chi connectivity index (χ0) is 10.4. The molecule has 1 aromatic rings. The van der Waals surface area contributed by atoms with E-state index in [1.807, 2.05) is 0 Å². The van der Waals surface area contributed by atoms with Gasteiger partial charge in [-0.25, -0.2) is 4.68 Å². The van der Waals surface area contributed by atoms with Crippen LogP contribution >= 0.6 is 0 Å². The van der Waals surface area contributed by atoms with Crippen molar-refractivity contribution in [2.45, 2.75) is 31.0 Å². The van der Waals surface area contributed by atoms with E-state index in [2.05, 4.69) is 15.5 Å². The van der Waals surface area contributed by atoms with Crippen LogP contribution in [0.3, 0.4) is 0 Å². The van der Waals surface area contributed by atoms with Gasteiger partial charge in [0.15, 0.2) is 17.4 Å². The Labute approximate surface area is 78.4 Å². The van der Waals surface area contributed by atoms with E-state index >= 15 is 0 Å². The van der Waals surface area contributed by atoms with E-state index in [4.69, 9.17) is 0 Å². The number of hydrogen-bond donors (Lipinski definition) is 4. The Hall–Kier alpha value is -1.09. The van der Waals surface area contributed by atoms with Gasteiger partial charge in [-0.05, 0) is 10.4 Å². The van der Waals surface area contributed by atoms with Crippen LogP contribution < -0.4 is 0 Å². The summed E-state index contributed by atoms with van der Waals surface area (Å²) in [7, 11) is 0. The van der Waals surface area contributed by atoms with Crippen LogP contribution in [0.1, 0.15) is 12.2 Å². The molecule has 1 aliphatic rings. The maximum Gasteiger partial charge on any atom is 0.188 e. The Bertz CT molecular complexity index is 317. The molecule has 0 aromatic carbocycles. The lowest BCUT2D eigenvalue weighted by atomic mass is 10.0. The molecular formula is C6H10N4O4. The third-order valence-electron chi connectivity index (χ3n) is 2.02. The zero-order valence-corrected chi connectivity index (χ0v) is 7.20. The molecule has 0 unspecified atom stereocenters. The van der Waals surface area contributed by atoms with Crippen LogP contribution in [0.2, 0.25) is 0 Å². The minimum atomic E-state index is -2.22. The molecule has 4 N–H and O–H groups in total. The lowest BCUT2D eigenvalue weighted by molar-refractivity contribution is -0.254. The number of hydrogen-bond acceptors (Lipinski definition) is 7. The molecule has 0 saturated carbocycles. The summed E-state index contributed by atoms with van der Waals surface area (Å²) in [5.74, 6) is -4.21. The average molecular weight is 202 g/mol. The van der Waals surface area contributed by atoms with E-state index in [9.17, 15) is 20.4 Å². The molecule has 0 saturated heterocycles. The molecule has 78 valence electrons. The Morgan fingerprint density at radius 1 is 1.14 bits per heavy atom. The Morgan fingerprint density at radius 3 is 2.57 bits per heavy atom. The number of aromatic nitrogens is 4. The standard InChI is InChI=1S/C6H10N4O4/c11-5(12)1-4-7-8-9-10(4)3-6(13,14)2-5/h11-14H,1-3H2. The fourth-order valence-electron chi connectivity index (χ4n) is 1.54. The van der Waals surface area contributed by atoms with Gasteiger partial charge in [0.1, 0.15) is 0 Å².